The minimum absolute atomic E-state index is 0.192. The summed E-state index contributed by atoms with van der Waals surface area (Å²) in [5, 5.41) is 9.01. The number of hydrogen-bond donors (Lipinski definition) is 3. The predicted octanol–water partition coefficient (Wildman–Crippen LogP) is 3.11. The van der Waals surface area contributed by atoms with Gasteiger partial charge in [-0.1, -0.05) is 29.8 Å². The van der Waals surface area contributed by atoms with Gasteiger partial charge in [-0.3, -0.25) is 14.4 Å². The van der Waals surface area contributed by atoms with Gasteiger partial charge in [0.25, 0.3) is 5.91 Å². The lowest BCUT2D eigenvalue weighted by molar-refractivity contribution is -0.136. The van der Waals surface area contributed by atoms with E-state index >= 15 is 0 Å². The molecule has 0 aliphatic heterocycles. The normalized spacial score (nSPS) is 10.4. The Labute approximate surface area is 196 Å². The monoisotopic (exact) mass is 460 g/mol. The highest BCUT2D eigenvalue weighted by Crippen LogP contribution is 2.16. The van der Waals surface area contributed by atoms with E-state index in [-0.39, 0.29) is 12.5 Å². The number of methoxy groups -OCH3 is 1. The molecule has 174 valence electrons. The molecule has 3 N–H and O–H groups in total. The highest BCUT2D eigenvalue weighted by Gasteiger charge is 2.12. The molecule has 3 rings (SSSR count). The van der Waals surface area contributed by atoms with Gasteiger partial charge in [0.2, 0.25) is 0 Å². The second-order valence-electron chi connectivity index (χ2n) is 7.16. The van der Waals surface area contributed by atoms with Crippen molar-refractivity contribution in [3.05, 3.63) is 83.9 Å². The molecule has 34 heavy (non-hydrogen) atoms. The molecule has 3 amide bonds. The van der Waals surface area contributed by atoms with Crippen molar-refractivity contribution in [2.75, 3.05) is 24.4 Å². The van der Waals surface area contributed by atoms with Crippen LogP contribution in [0.3, 0.4) is 0 Å². The molecule has 3 aromatic rings. The van der Waals surface area contributed by atoms with Gasteiger partial charge in [0.1, 0.15) is 11.5 Å². The zero-order chi connectivity index (χ0) is 24.3. The van der Waals surface area contributed by atoms with Crippen LogP contribution in [0, 0.1) is 6.92 Å². The second kappa shape index (κ2) is 11.8. The first-order valence-corrected chi connectivity index (χ1v) is 10.3. The summed E-state index contributed by atoms with van der Waals surface area (Å²) in [5.74, 6) is -0.926. The third-order valence-electron chi connectivity index (χ3n) is 4.50. The first-order chi connectivity index (χ1) is 16.4. The molecule has 0 aliphatic rings. The van der Waals surface area contributed by atoms with Crippen LogP contribution >= 0.6 is 0 Å². The Morgan fingerprint density at radius 2 is 1.53 bits per heavy atom. The molecule has 9 nitrogen and oxygen atoms in total. The summed E-state index contributed by atoms with van der Waals surface area (Å²) >= 11 is 0. The quantitative estimate of drug-likeness (QED) is 0.271. The molecular weight excluding hydrogens is 436 g/mol. The van der Waals surface area contributed by atoms with Crippen LogP contribution in [0.5, 0.6) is 11.5 Å². The topological polar surface area (TPSA) is 118 Å². The number of hydrogen-bond acceptors (Lipinski definition) is 6. The average Bonchev–Trinajstić information content (AvgIpc) is 2.85. The lowest BCUT2D eigenvalue weighted by Gasteiger charge is -2.08. The van der Waals surface area contributed by atoms with Crippen molar-refractivity contribution >= 4 is 35.3 Å². The van der Waals surface area contributed by atoms with Crippen LogP contribution in [-0.4, -0.2) is 37.7 Å². The number of anilines is 2. The van der Waals surface area contributed by atoms with Crippen LogP contribution < -0.4 is 25.5 Å². The Kier molecular flexibility index (Phi) is 8.34. The molecule has 0 spiro atoms. The maximum Gasteiger partial charge on any atom is 0.329 e. The number of aryl methyl sites for hydroxylation is 1. The van der Waals surface area contributed by atoms with Gasteiger partial charge >= 0.3 is 11.8 Å². The summed E-state index contributed by atoms with van der Waals surface area (Å²) < 4.78 is 10.6. The molecule has 0 aliphatic carbocycles. The van der Waals surface area contributed by atoms with E-state index in [0.29, 0.717) is 28.4 Å². The van der Waals surface area contributed by atoms with Crippen molar-refractivity contribution in [3.8, 4) is 11.5 Å². The highest BCUT2D eigenvalue weighted by molar-refractivity contribution is 6.39. The molecule has 0 fully saturated rings. The molecule has 0 bridgehead atoms. The summed E-state index contributed by atoms with van der Waals surface area (Å²) in [6.45, 7) is 1.73. The van der Waals surface area contributed by atoms with E-state index in [1.807, 2.05) is 19.1 Å². The molecular formula is C25H24N4O5. The van der Waals surface area contributed by atoms with Crippen molar-refractivity contribution in [1.29, 1.82) is 0 Å². The zero-order valence-electron chi connectivity index (χ0n) is 18.7. The fourth-order valence-corrected chi connectivity index (χ4v) is 2.75. The smallest absolute Gasteiger partial charge is 0.329 e. The minimum atomic E-state index is -0.903. The maximum atomic E-state index is 12.1. The molecule has 0 unspecified atom stereocenters. The third-order valence-corrected chi connectivity index (χ3v) is 4.50. The largest absolute Gasteiger partial charge is 0.497 e. The maximum absolute atomic E-state index is 12.1. The number of amides is 3. The number of carbonyl (C=O) groups excluding carboxylic acids is 3. The SMILES string of the molecule is COc1ccc(NC(=O)COc2cccc(/C=N\NC(=O)C(=O)Nc3ccc(C)cc3)c2)cc1. The highest BCUT2D eigenvalue weighted by atomic mass is 16.5. The van der Waals surface area contributed by atoms with Crippen molar-refractivity contribution in [3.63, 3.8) is 0 Å². The van der Waals surface area contributed by atoms with Gasteiger partial charge < -0.3 is 20.1 Å². The first-order valence-electron chi connectivity index (χ1n) is 10.3. The predicted molar refractivity (Wildman–Crippen MR) is 129 cm³/mol. The lowest BCUT2D eigenvalue weighted by Crippen LogP contribution is -2.32. The number of carbonyl (C=O) groups is 3. The van der Waals surface area contributed by atoms with Gasteiger partial charge in [0.15, 0.2) is 6.61 Å². The van der Waals surface area contributed by atoms with Crippen LogP contribution in [0.4, 0.5) is 11.4 Å². The molecule has 0 saturated heterocycles. The average molecular weight is 460 g/mol. The van der Waals surface area contributed by atoms with Gasteiger partial charge in [-0.25, -0.2) is 5.43 Å². The lowest BCUT2D eigenvalue weighted by atomic mass is 10.2. The van der Waals surface area contributed by atoms with Gasteiger partial charge in [-0.05, 0) is 61.0 Å². The summed E-state index contributed by atoms with van der Waals surface area (Å²) in [4.78, 5) is 36.0. The van der Waals surface area contributed by atoms with E-state index in [2.05, 4.69) is 21.2 Å². The van der Waals surface area contributed by atoms with E-state index in [1.54, 1.807) is 67.8 Å². The van der Waals surface area contributed by atoms with Crippen molar-refractivity contribution in [1.82, 2.24) is 5.43 Å². The summed E-state index contributed by atoms with van der Waals surface area (Å²) in [6.07, 6.45) is 1.36. The number of rotatable bonds is 8. The van der Waals surface area contributed by atoms with Crippen molar-refractivity contribution in [2.24, 2.45) is 5.10 Å². The first kappa shape index (κ1) is 24.0. The molecule has 3 aromatic carbocycles. The van der Waals surface area contributed by atoms with E-state index < -0.39 is 11.8 Å². The van der Waals surface area contributed by atoms with E-state index in [9.17, 15) is 14.4 Å². The Morgan fingerprint density at radius 3 is 2.24 bits per heavy atom. The molecule has 0 atom stereocenters. The summed E-state index contributed by atoms with van der Waals surface area (Å²) in [7, 11) is 1.57. The summed E-state index contributed by atoms with van der Waals surface area (Å²) in [6, 6.07) is 20.7. The number of nitrogens with one attached hydrogen (secondary N) is 3. The van der Waals surface area contributed by atoms with Gasteiger partial charge in [-0.15, -0.1) is 0 Å². The molecule has 0 aromatic heterocycles. The van der Waals surface area contributed by atoms with Crippen molar-refractivity contribution in [2.45, 2.75) is 6.92 Å². The Morgan fingerprint density at radius 1 is 0.853 bits per heavy atom. The van der Waals surface area contributed by atoms with E-state index in [0.717, 1.165) is 5.56 Å². The van der Waals surface area contributed by atoms with Crippen LogP contribution in [0.15, 0.2) is 77.9 Å². The van der Waals surface area contributed by atoms with Crippen LogP contribution in [0.25, 0.3) is 0 Å². The number of hydrazone groups is 1. The number of ether oxygens (including phenoxy) is 2. The number of benzene rings is 3. The van der Waals surface area contributed by atoms with Gasteiger partial charge in [0.05, 0.1) is 13.3 Å². The third kappa shape index (κ3) is 7.49. The molecule has 0 heterocycles. The van der Waals surface area contributed by atoms with Crippen molar-refractivity contribution < 1.29 is 23.9 Å². The van der Waals surface area contributed by atoms with Crippen LogP contribution in [0.2, 0.25) is 0 Å². The zero-order valence-corrected chi connectivity index (χ0v) is 18.7. The van der Waals surface area contributed by atoms with Gasteiger partial charge in [0, 0.05) is 11.4 Å². The Bertz CT molecular complexity index is 1170. The standard InChI is InChI=1S/C25H24N4O5/c1-17-6-8-20(9-7-17)28-24(31)25(32)29-26-15-18-4-3-5-22(14-18)34-16-23(30)27-19-10-12-21(33-2)13-11-19/h3-15H,16H2,1-2H3,(H,27,30)(H,28,31)(H,29,32)/b26-15-. The van der Waals surface area contributed by atoms with E-state index in [1.165, 1.54) is 6.21 Å². The number of nitrogens with zero attached hydrogens (tertiary/aromatic N) is 1. The minimum Gasteiger partial charge on any atom is -0.497 e. The molecule has 9 heteroatoms. The fourth-order valence-electron chi connectivity index (χ4n) is 2.75. The Balaban J connectivity index is 1.46. The van der Waals surface area contributed by atoms with Crippen LogP contribution in [0.1, 0.15) is 11.1 Å². The van der Waals surface area contributed by atoms with Gasteiger partial charge in [-0.2, -0.15) is 5.10 Å². The molecule has 0 radical (unpaired) electrons. The fraction of sp³-hybridized carbons (Fsp3) is 0.120. The summed E-state index contributed by atoms with van der Waals surface area (Å²) in [5.41, 5.74) is 4.95. The Hall–Kier alpha value is -4.66. The second-order valence-corrected chi connectivity index (χ2v) is 7.16. The van der Waals surface area contributed by atoms with E-state index in [4.69, 9.17) is 9.47 Å². The van der Waals surface area contributed by atoms with Crippen LogP contribution in [-0.2, 0) is 14.4 Å². The molecule has 0 saturated carbocycles.